The SMILES string of the molecule is Cc1cc(CN2C(=O)c3ccc(-n4cnc(C)c4)c(=O)n3C(C)C2C)cc(C(F)(F)F)c1. The third-order valence-electron chi connectivity index (χ3n) is 5.98. The number of rotatable bonds is 3. The van der Waals surface area contributed by atoms with E-state index in [0.29, 0.717) is 16.8 Å². The van der Waals surface area contributed by atoms with E-state index in [9.17, 15) is 22.8 Å². The van der Waals surface area contributed by atoms with Crippen LogP contribution >= 0.6 is 0 Å². The molecule has 2 aromatic heterocycles. The van der Waals surface area contributed by atoms with Crippen molar-refractivity contribution in [3.8, 4) is 5.69 Å². The predicted octanol–water partition coefficient (Wildman–Crippen LogP) is 4.28. The molecule has 4 rings (SSSR count). The summed E-state index contributed by atoms with van der Waals surface area (Å²) in [5, 5.41) is 0. The van der Waals surface area contributed by atoms with Crippen molar-refractivity contribution in [2.75, 3.05) is 0 Å². The molecule has 32 heavy (non-hydrogen) atoms. The zero-order chi connectivity index (χ0) is 23.4. The zero-order valence-electron chi connectivity index (χ0n) is 18.1. The minimum absolute atomic E-state index is 0.0196. The van der Waals surface area contributed by atoms with Gasteiger partial charge in [-0.3, -0.25) is 14.2 Å². The summed E-state index contributed by atoms with van der Waals surface area (Å²) in [4.78, 5) is 32.1. The molecule has 3 aromatic rings. The number of aromatic nitrogens is 3. The largest absolute Gasteiger partial charge is 0.416 e. The van der Waals surface area contributed by atoms with Crippen LogP contribution in [0.5, 0.6) is 0 Å². The van der Waals surface area contributed by atoms with E-state index < -0.39 is 23.7 Å². The first kappa shape index (κ1) is 21.9. The lowest BCUT2D eigenvalue weighted by Gasteiger charge is -2.40. The van der Waals surface area contributed by atoms with Crippen molar-refractivity contribution in [2.24, 2.45) is 0 Å². The van der Waals surface area contributed by atoms with Gasteiger partial charge in [-0.05, 0) is 57.5 Å². The third-order valence-corrected chi connectivity index (χ3v) is 5.98. The number of hydrogen-bond acceptors (Lipinski definition) is 3. The van der Waals surface area contributed by atoms with Gasteiger partial charge in [-0.15, -0.1) is 0 Å². The molecule has 1 amide bonds. The molecular weight excluding hydrogens is 421 g/mol. The van der Waals surface area contributed by atoms with Crippen molar-refractivity contribution in [3.63, 3.8) is 0 Å². The fraction of sp³-hybridized carbons (Fsp3) is 0.348. The first-order valence-electron chi connectivity index (χ1n) is 10.2. The minimum Gasteiger partial charge on any atom is -0.328 e. The summed E-state index contributed by atoms with van der Waals surface area (Å²) in [7, 11) is 0. The number of halogens is 3. The van der Waals surface area contributed by atoms with E-state index >= 15 is 0 Å². The van der Waals surface area contributed by atoms with Gasteiger partial charge in [-0.1, -0.05) is 11.6 Å². The minimum atomic E-state index is -4.46. The smallest absolute Gasteiger partial charge is 0.328 e. The van der Waals surface area contributed by atoms with Crippen molar-refractivity contribution < 1.29 is 18.0 Å². The average Bonchev–Trinajstić information content (AvgIpc) is 3.14. The summed E-state index contributed by atoms with van der Waals surface area (Å²) in [6.45, 7) is 7.05. The van der Waals surface area contributed by atoms with Crippen LogP contribution in [0.4, 0.5) is 13.2 Å². The summed E-state index contributed by atoms with van der Waals surface area (Å²) in [5.41, 5.74) is 1.15. The van der Waals surface area contributed by atoms with Crippen molar-refractivity contribution in [3.05, 3.63) is 81.3 Å². The van der Waals surface area contributed by atoms with Crippen LogP contribution in [0.3, 0.4) is 0 Å². The molecule has 1 aliphatic rings. The lowest BCUT2D eigenvalue weighted by molar-refractivity contribution is -0.137. The monoisotopic (exact) mass is 444 g/mol. The molecule has 0 spiro atoms. The first-order chi connectivity index (χ1) is 15.0. The highest BCUT2D eigenvalue weighted by Gasteiger charge is 2.37. The molecule has 0 saturated carbocycles. The fourth-order valence-electron chi connectivity index (χ4n) is 4.21. The van der Waals surface area contributed by atoms with E-state index in [1.807, 2.05) is 13.8 Å². The van der Waals surface area contributed by atoms with Crippen molar-refractivity contribution in [2.45, 2.75) is 52.5 Å². The van der Waals surface area contributed by atoms with E-state index in [4.69, 9.17) is 0 Å². The van der Waals surface area contributed by atoms with Gasteiger partial charge in [0.15, 0.2) is 0 Å². The van der Waals surface area contributed by atoms with Gasteiger partial charge in [-0.2, -0.15) is 13.2 Å². The number of benzene rings is 1. The number of nitrogens with zero attached hydrogens (tertiary/aromatic N) is 4. The molecule has 0 fully saturated rings. The van der Waals surface area contributed by atoms with Gasteiger partial charge in [0, 0.05) is 12.7 Å². The van der Waals surface area contributed by atoms with Gasteiger partial charge >= 0.3 is 6.18 Å². The van der Waals surface area contributed by atoms with Crippen LogP contribution in [0, 0.1) is 13.8 Å². The summed E-state index contributed by atoms with van der Waals surface area (Å²) < 4.78 is 42.8. The molecule has 2 unspecified atom stereocenters. The zero-order valence-corrected chi connectivity index (χ0v) is 18.1. The standard InChI is InChI=1S/C23H23F3N4O2/c1-13-7-17(9-18(8-13)23(24,25)26)11-29-15(3)16(4)30-20(21(29)31)6-5-19(22(30)32)28-10-14(2)27-12-28/h5-10,12,15-16H,11H2,1-4H3. The molecule has 0 radical (unpaired) electrons. The molecule has 0 aliphatic carbocycles. The Balaban J connectivity index is 1.73. The van der Waals surface area contributed by atoms with Crippen molar-refractivity contribution in [1.29, 1.82) is 0 Å². The van der Waals surface area contributed by atoms with E-state index in [1.54, 1.807) is 49.1 Å². The quantitative estimate of drug-likeness (QED) is 0.606. The van der Waals surface area contributed by atoms with Gasteiger partial charge in [0.05, 0.1) is 29.7 Å². The lowest BCUT2D eigenvalue weighted by atomic mass is 10.0. The highest BCUT2D eigenvalue weighted by molar-refractivity contribution is 5.93. The van der Waals surface area contributed by atoms with Crippen LogP contribution in [0.15, 0.2) is 47.7 Å². The van der Waals surface area contributed by atoms with E-state index in [1.165, 1.54) is 9.47 Å². The number of fused-ring (bicyclic) bond motifs is 1. The van der Waals surface area contributed by atoms with E-state index in [0.717, 1.165) is 17.8 Å². The Bertz CT molecular complexity index is 1260. The van der Waals surface area contributed by atoms with Crippen LogP contribution in [0.1, 0.15) is 52.8 Å². The maximum Gasteiger partial charge on any atom is 0.416 e. The topological polar surface area (TPSA) is 60.1 Å². The second kappa shape index (κ2) is 7.65. The average molecular weight is 444 g/mol. The summed E-state index contributed by atoms with van der Waals surface area (Å²) in [6, 6.07) is 6.19. The Morgan fingerprint density at radius 1 is 1.03 bits per heavy atom. The van der Waals surface area contributed by atoms with Gasteiger partial charge in [-0.25, -0.2) is 4.98 Å². The normalized spacial score (nSPS) is 18.7. The first-order valence-corrected chi connectivity index (χ1v) is 10.2. The van der Waals surface area contributed by atoms with Gasteiger partial charge in [0.25, 0.3) is 11.5 Å². The number of imidazole rings is 1. The second-order valence-electron chi connectivity index (χ2n) is 8.32. The summed E-state index contributed by atoms with van der Waals surface area (Å²) in [5.74, 6) is -0.392. The van der Waals surface area contributed by atoms with Crippen molar-refractivity contribution in [1.82, 2.24) is 19.0 Å². The van der Waals surface area contributed by atoms with E-state index in [2.05, 4.69) is 4.98 Å². The molecule has 1 aromatic carbocycles. The summed E-state index contributed by atoms with van der Waals surface area (Å²) in [6.07, 6.45) is -1.20. The predicted molar refractivity (Wildman–Crippen MR) is 113 cm³/mol. The van der Waals surface area contributed by atoms with Crippen LogP contribution < -0.4 is 5.56 Å². The Hall–Kier alpha value is -3.36. The molecule has 168 valence electrons. The van der Waals surface area contributed by atoms with Gasteiger partial charge in [0.2, 0.25) is 0 Å². The van der Waals surface area contributed by atoms with Gasteiger partial charge < -0.3 is 9.47 Å². The second-order valence-corrected chi connectivity index (χ2v) is 8.32. The molecule has 0 saturated heterocycles. The van der Waals surface area contributed by atoms with Crippen LogP contribution in [0.2, 0.25) is 0 Å². The van der Waals surface area contributed by atoms with E-state index in [-0.39, 0.29) is 23.8 Å². The Labute approximate surface area is 182 Å². The maximum atomic E-state index is 13.3. The highest BCUT2D eigenvalue weighted by atomic mass is 19.4. The highest BCUT2D eigenvalue weighted by Crippen LogP contribution is 2.32. The molecule has 6 nitrogen and oxygen atoms in total. The number of aryl methyl sites for hydroxylation is 2. The summed E-state index contributed by atoms with van der Waals surface area (Å²) >= 11 is 0. The molecule has 9 heteroatoms. The molecule has 0 N–H and O–H groups in total. The van der Waals surface area contributed by atoms with Gasteiger partial charge in [0.1, 0.15) is 11.4 Å². The van der Waals surface area contributed by atoms with Crippen LogP contribution in [-0.2, 0) is 12.7 Å². The lowest BCUT2D eigenvalue weighted by Crippen LogP contribution is -2.51. The Kier molecular flexibility index (Phi) is 5.22. The number of carbonyl (C=O) groups is 1. The molecule has 0 bridgehead atoms. The molecular formula is C23H23F3N4O2. The molecule has 2 atom stereocenters. The number of pyridine rings is 1. The Morgan fingerprint density at radius 2 is 1.75 bits per heavy atom. The maximum absolute atomic E-state index is 13.3. The molecule has 1 aliphatic heterocycles. The Morgan fingerprint density at radius 3 is 2.38 bits per heavy atom. The number of alkyl halides is 3. The van der Waals surface area contributed by atoms with Crippen LogP contribution in [-0.4, -0.2) is 31.0 Å². The number of amides is 1. The number of carbonyl (C=O) groups excluding carboxylic acids is 1. The third kappa shape index (κ3) is 3.72. The molecule has 3 heterocycles. The fourth-order valence-corrected chi connectivity index (χ4v) is 4.21. The van der Waals surface area contributed by atoms with Crippen molar-refractivity contribution >= 4 is 5.91 Å². The number of hydrogen-bond donors (Lipinski definition) is 0. The van der Waals surface area contributed by atoms with Crippen LogP contribution in [0.25, 0.3) is 5.69 Å².